The van der Waals surface area contributed by atoms with Crippen molar-refractivity contribution in [2.75, 3.05) is 0 Å². The van der Waals surface area contributed by atoms with Gasteiger partial charge in [-0.1, -0.05) is 30.3 Å². The highest BCUT2D eigenvalue weighted by molar-refractivity contribution is 6.18. The third-order valence-electron chi connectivity index (χ3n) is 3.73. The fourth-order valence-electron chi connectivity index (χ4n) is 2.75. The number of benzene rings is 2. The molecule has 18 heavy (non-hydrogen) atoms. The Labute approximate surface area is 113 Å². The molecule has 2 heteroatoms. The van der Waals surface area contributed by atoms with Gasteiger partial charge in [0, 0.05) is 5.56 Å². The third kappa shape index (κ3) is 2.20. The molecule has 0 aromatic heterocycles. The van der Waals surface area contributed by atoms with Crippen LogP contribution in [0.25, 0.3) is 10.8 Å². The van der Waals surface area contributed by atoms with Gasteiger partial charge in [-0.2, -0.15) is 0 Å². The topological polar surface area (TPSA) is 9.23 Å². The molecule has 0 atom stereocenters. The molecule has 1 fully saturated rings. The number of hydrogen-bond acceptors (Lipinski definition) is 1. The van der Waals surface area contributed by atoms with Gasteiger partial charge < -0.3 is 4.74 Å². The summed E-state index contributed by atoms with van der Waals surface area (Å²) < 4.78 is 6.12. The lowest BCUT2D eigenvalue weighted by Crippen LogP contribution is -2.12. The van der Waals surface area contributed by atoms with Crippen LogP contribution in [-0.2, 0) is 5.88 Å². The Morgan fingerprint density at radius 1 is 1.06 bits per heavy atom. The van der Waals surface area contributed by atoms with Gasteiger partial charge in [-0.05, 0) is 42.5 Å². The first kappa shape index (κ1) is 11.9. The highest BCUT2D eigenvalue weighted by Crippen LogP contribution is 2.32. The summed E-state index contributed by atoms with van der Waals surface area (Å²) in [7, 11) is 0. The summed E-state index contributed by atoms with van der Waals surface area (Å²) in [6.07, 6.45) is 5.31. The molecule has 1 nitrogen and oxygen atoms in total. The summed E-state index contributed by atoms with van der Waals surface area (Å²) >= 11 is 6.12. The largest absolute Gasteiger partial charge is 0.490 e. The quantitative estimate of drug-likeness (QED) is 0.713. The van der Waals surface area contributed by atoms with E-state index in [0.29, 0.717) is 12.0 Å². The standard InChI is InChI=1S/C16H17ClO/c17-11-15-14-8-4-1-5-12(14)9-10-16(15)18-13-6-2-3-7-13/h1,4-5,8-10,13H,2-3,6-7,11H2. The van der Waals surface area contributed by atoms with Crippen molar-refractivity contribution in [2.24, 2.45) is 0 Å². The predicted molar refractivity (Wildman–Crippen MR) is 76.4 cm³/mol. The molecule has 2 aromatic rings. The lowest BCUT2D eigenvalue weighted by molar-refractivity contribution is 0.209. The van der Waals surface area contributed by atoms with Crippen LogP contribution >= 0.6 is 11.6 Å². The minimum Gasteiger partial charge on any atom is -0.490 e. The van der Waals surface area contributed by atoms with Crippen molar-refractivity contribution in [3.8, 4) is 5.75 Å². The maximum absolute atomic E-state index is 6.12. The van der Waals surface area contributed by atoms with E-state index in [2.05, 4.69) is 36.4 Å². The molecule has 3 rings (SSSR count). The van der Waals surface area contributed by atoms with E-state index in [1.807, 2.05) is 0 Å². The third-order valence-corrected chi connectivity index (χ3v) is 3.99. The lowest BCUT2D eigenvalue weighted by atomic mass is 10.0. The van der Waals surface area contributed by atoms with Gasteiger partial charge in [-0.3, -0.25) is 0 Å². The summed E-state index contributed by atoms with van der Waals surface area (Å²) in [6, 6.07) is 12.5. The van der Waals surface area contributed by atoms with Crippen LogP contribution in [0.15, 0.2) is 36.4 Å². The van der Waals surface area contributed by atoms with Crippen molar-refractivity contribution in [1.29, 1.82) is 0 Å². The zero-order valence-corrected chi connectivity index (χ0v) is 11.1. The lowest BCUT2D eigenvalue weighted by Gasteiger charge is -2.17. The van der Waals surface area contributed by atoms with Crippen LogP contribution in [0.5, 0.6) is 5.75 Å². The molecule has 0 spiro atoms. The maximum Gasteiger partial charge on any atom is 0.124 e. The summed E-state index contributed by atoms with van der Waals surface area (Å²) in [5.41, 5.74) is 1.13. The van der Waals surface area contributed by atoms with Gasteiger partial charge in [0.25, 0.3) is 0 Å². The Hall–Kier alpha value is -1.21. The molecule has 1 aliphatic carbocycles. The average Bonchev–Trinajstić information content (AvgIpc) is 2.91. The van der Waals surface area contributed by atoms with E-state index in [-0.39, 0.29) is 0 Å². The number of rotatable bonds is 3. The predicted octanol–water partition coefficient (Wildman–Crippen LogP) is 4.90. The van der Waals surface area contributed by atoms with Crippen LogP contribution in [0.3, 0.4) is 0 Å². The van der Waals surface area contributed by atoms with E-state index in [9.17, 15) is 0 Å². The molecule has 0 saturated heterocycles. The SMILES string of the molecule is ClCc1c(OC2CCCC2)ccc2ccccc12. The smallest absolute Gasteiger partial charge is 0.124 e. The molecule has 1 aliphatic rings. The second kappa shape index (κ2) is 5.19. The van der Waals surface area contributed by atoms with Gasteiger partial charge in [0.05, 0.1) is 12.0 Å². The van der Waals surface area contributed by atoms with E-state index in [1.54, 1.807) is 0 Å². The van der Waals surface area contributed by atoms with Gasteiger partial charge >= 0.3 is 0 Å². The normalized spacial score (nSPS) is 16.3. The Morgan fingerprint density at radius 2 is 1.83 bits per heavy atom. The van der Waals surface area contributed by atoms with Crippen LogP contribution in [0.1, 0.15) is 31.2 Å². The fraction of sp³-hybridized carbons (Fsp3) is 0.375. The zero-order valence-electron chi connectivity index (χ0n) is 10.4. The van der Waals surface area contributed by atoms with Crippen molar-refractivity contribution in [3.63, 3.8) is 0 Å². The average molecular weight is 261 g/mol. The van der Waals surface area contributed by atoms with E-state index >= 15 is 0 Å². The van der Waals surface area contributed by atoms with Gasteiger partial charge in [-0.15, -0.1) is 11.6 Å². The number of hydrogen-bond donors (Lipinski definition) is 0. The highest BCUT2D eigenvalue weighted by atomic mass is 35.5. The molecule has 0 aliphatic heterocycles. The Morgan fingerprint density at radius 3 is 2.61 bits per heavy atom. The van der Waals surface area contributed by atoms with E-state index < -0.39 is 0 Å². The number of halogens is 1. The monoisotopic (exact) mass is 260 g/mol. The van der Waals surface area contributed by atoms with Gasteiger partial charge in [-0.25, -0.2) is 0 Å². The first-order valence-electron chi connectivity index (χ1n) is 6.62. The highest BCUT2D eigenvalue weighted by Gasteiger charge is 2.18. The molecule has 0 heterocycles. The molecular weight excluding hydrogens is 244 g/mol. The molecule has 1 saturated carbocycles. The van der Waals surface area contributed by atoms with Crippen LogP contribution in [0, 0.1) is 0 Å². The summed E-state index contributed by atoms with van der Waals surface area (Å²) in [6.45, 7) is 0. The molecule has 0 unspecified atom stereocenters. The van der Waals surface area contributed by atoms with Crippen molar-refractivity contribution in [2.45, 2.75) is 37.7 Å². The molecular formula is C16H17ClO. The van der Waals surface area contributed by atoms with Crippen molar-refractivity contribution in [3.05, 3.63) is 42.0 Å². The van der Waals surface area contributed by atoms with E-state index in [0.717, 1.165) is 11.3 Å². The minimum absolute atomic E-state index is 0.383. The summed E-state index contributed by atoms with van der Waals surface area (Å²) in [5.74, 6) is 1.47. The first-order valence-corrected chi connectivity index (χ1v) is 7.15. The molecule has 0 amide bonds. The van der Waals surface area contributed by atoms with E-state index in [4.69, 9.17) is 16.3 Å². The molecule has 0 bridgehead atoms. The Balaban J connectivity index is 2.00. The number of fused-ring (bicyclic) bond motifs is 1. The second-order valence-electron chi connectivity index (χ2n) is 4.92. The van der Waals surface area contributed by atoms with Crippen LogP contribution < -0.4 is 4.74 Å². The maximum atomic E-state index is 6.12. The summed E-state index contributed by atoms with van der Waals surface area (Å²) in [4.78, 5) is 0. The first-order chi connectivity index (χ1) is 8.88. The molecule has 94 valence electrons. The number of ether oxygens (including phenoxy) is 1. The van der Waals surface area contributed by atoms with Crippen molar-refractivity contribution < 1.29 is 4.74 Å². The molecule has 2 aromatic carbocycles. The summed E-state index contributed by atoms with van der Waals surface area (Å²) in [5, 5.41) is 2.44. The molecule has 0 radical (unpaired) electrons. The van der Waals surface area contributed by atoms with Crippen LogP contribution in [0.4, 0.5) is 0 Å². The Kier molecular flexibility index (Phi) is 3.42. The second-order valence-corrected chi connectivity index (χ2v) is 5.19. The van der Waals surface area contributed by atoms with Gasteiger partial charge in [0.1, 0.15) is 5.75 Å². The molecule has 0 N–H and O–H groups in total. The zero-order chi connectivity index (χ0) is 12.4. The van der Waals surface area contributed by atoms with Crippen molar-refractivity contribution in [1.82, 2.24) is 0 Å². The minimum atomic E-state index is 0.383. The Bertz CT molecular complexity index is 544. The van der Waals surface area contributed by atoms with Crippen LogP contribution in [0.2, 0.25) is 0 Å². The fourth-order valence-corrected chi connectivity index (χ4v) is 3.03. The van der Waals surface area contributed by atoms with Crippen LogP contribution in [-0.4, -0.2) is 6.10 Å². The van der Waals surface area contributed by atoms with Gasteiger partial charge in [0.2, 0.25) is 0 Å². The number of alkyl halides is 1. The van der Waals surface area contributed by atoms with Crippen molar-refractivity contribution >= 4 is 22.4 Å². The van der Waals surface area contributed by atoms with E-state index in [1.165, 1.54) is 36.5 Å². The van der Waals surface area contributed by atoms with Gasteiger partial charge in [0.15, 0.2) is 0 Å².